The second-order valence-corrected chi connectivity index (χ2v) is 16.7. The molecule has 0 aliphatic rings. The van der Waals surface area contributed by atoms with Crippen molar-refractivity contribution in [3.8, 4) is 0 Å². The van der Waals surface area contributed by atoms with Gasteiger partial charge in [0.05, 0.1) is 0 Å². The van der Waals surface area contributed by atoms with Gasteiger partial charge >= 0.3 is 0 Å². The molecule has 0 aliphatic carbocycles. The summed E-state index contributed by atoms with van der Waals surface area (Å²) in [6.07, 6.45) is 21.5. The summed E-state index contributed by atoms with van der Waals surface area (Å²) in [5.74, 6) is 0. The summed E-state index contributed by atoms with van der Waals surface area (Å²) in [7, 11) is 0. The average Bonchev–Trinajstić information content (AvgIpc) is 2.78. The van der Waals surface area contributed by atoms with Crippen LogP contribution in [0.2, 0.25) is 0 Å². The maximum absolute atomic E-state index is 2.31. The highest BCUT2D eigenvalue weighted by molar-refractivity contribution is 4.89. The quantitative estimate of drug-likeness (QED) is 0.206. The molecule has 0 amide bonds. The fraction of sp³-hybridized carbons (Fsp3) is 0.953. The van der Waals surface area contributed by atoms with Gasteiger partial charge in [-0.05, 0) is 47.8 Å². The van der Waals surface area contributed by atoms with E-state index < -0.39 is 0 Å². The maximum Gasteiger partial charge on any atom is -0.0203 e. The van der Waals surface area contributed by atoms with Crippen molar-refractivity contribution in [1.82, 2.24) is 0 Å². The number of unbranched alkanes of at least 4 members (excludes halogenated alkanes) is 3. The monoisotopic (exact) mass is 617 g/mol. The Hall–Kier alpha value is -0.260. The Morgan fingerprint density at radius 1 is 0.349 bits per heavy atom. The van der Waals surface area contributed by atoms with Crippen LogP contribution in [0.25, 0.3) is 0 Å². The first-order chi connectivity index (χ1) is 19.4. The van der Waals surface area contributed by atoms with Crippen LogP contribution in [-0.2, 0) is 0 Å². The lowest BCUT2D eigenvalue weighted by Crippen LogP contribution is -2.03. The minimum atomic E-state index is 0.370. The van der Waals surface area contributed by atoms with Gasteiger partial charge in [0.2, 0.25) is 0 Å². The molecule has 0 aromatic rings. The van der Waals surface area contributed by atoms with Crippen molar-refractivity contribution in [3.63, 3.8) is 0 Å². The molecule has 0 aromatic heterocycles. The molecule has 0 saturated heterocycles. The van der Waals surface area contributed by atoms with E-state index in [9.17, 15) is 0 Å². The fourth-order valence-corrected chi connectivity index (χ4v) is 2.86. The standard InChI is InChI=1S/C9H20.C8H18.C7H16.C7H14.4C3H8/c1-5-6-7-8-9(2,3)4;1-5-6-7-8(2,3)4;2*1-5-6-7(2,3)4;4*1-3-2/h5-8H2,1-4H3;5-7H2,1-4H3;5-6H2,1-4H3;5-6H,1-4H3;4*3H2,1-2H3/b;;;6-5+;;;;. The van der Waals surface area contributed by atoms with Crippen LogP contribution in [0.15, 0.2) is 12.2 Å². The summed E-state index contributed by atoms with van der Waals surface area (Å²) in [6.45, 7) is 53.0. The molecule has 0 nitrogen and oxygen atoms in total. The van der Waals surface area contributed by atoms with Gasteiger partial charge in [-0.1, -0.05) is 236 Å². The largest absolute Gasteiger partial charge is 0.0911 e. The lowest BCUT2D eigenvalue weighted by Gasteiger charge is -2.16. The molecule has 0 heteroatoms. The number of rotatable bonds is 6. The van der Waals surface area contributed by atoms with Crippen molar-refractivity contribution >= 4 is 0 Å². The predicted molar refractivity (Wildman–Crippen MR) is 215 cm³/mol. The summed E-state index contributed by atoms with van der Waals surface area (Å²) in [5.41, 5.74) is 2.02. The van der Waals surface area contributed by atoms with E-state index in [1.54, 1.807) is 0 Å². The minimum Gasteiger partial charge on any atom is -0.0911 e. The van der Waals surface area contributed by atoms with Gasteiger partial charge in [0.1, 0.15) is 0 Å². The molecule has 0 unspecified atom stereocenters. The van der Waals surface area contributed by atoms with Gasteiger partial charge < -0.3 is 0 Å². The van der Waals surface area contributed by atoms with Crippen LogP contribution < -0.4 is 0 Å². The van der Waals surface area contributed by atoms with Gasteiger partial charge in [0.15, 0.2) is 0 Å². The van der Waals surface area contributed by atoms with Gasteiger partial charge in [-0.3, -0.25) is 0 Å². The van der Waals surface area contributed by atoms with Gasteiger partial charge in [0, 0.05) is 0 Å². The van der Waals surface area contributed by atoms with Crippen molar-refractivity contribution in [2.24, 2.45) is 21.7 Å². The molecule has 0 rings (SSSR count). The first-order valence-electron chi connectivity index (χ1n) is 19.0. The fourth-order valence-electron chi connectivity index (χ4n) is 2.86. The molecule has 0 aromatic carbocycles. The minimum absolute atomic E-state index is 0.370. The zero-order chi connectivity index (χ0) is 36.6. The molecular weight excluding hydrogens is 516 g/mol. The third-order valence-corrected chi connectivity index (χ3v) is 4.48. The molecule has 0 radical (unpaired) electrons. The van der Waals surface area contributed by atoms with Crippen LogP contribution in [-0.4, -0.2) is 0 Å². The van der Waals surface area contributed by atoms with E-state index in [0.717, 1.165) is 0 Å². The van der Waals surface area contributed by atoms with Crippen molar-refractivity contribution in [3.05, 3.63) is 12.2 Å². The van der Waals surface area contributed by atoms with E-state index in [1.807, 2.05) is 6.92 Å². The zero-order valence-corrected chi connectivity index (χ0v) is 36.3. The topological polar surface area (TPSA) is 0 Å². The normalized spacial score (nSPS) is 10.5. The third kappa shape index (κ3) is 188. The van der Waals surface area contributed by atoms with Crippen LogP contribution >= 0.6 is 0 Å². The summed E-state index contributed by atoms with van der Waals surface area (Å²) in [6, 6.07) is 0. The molecule has 0 aliphatic heterocycles. The SMILES string of the molecule is C/C=C/C(C)(C)C.CCC.CCC.CCC.CCC.CCCC(C)(C)C.CCCCC(C)(C)C.CCCCCC(C)(C)C. The Bertz CT molecular complexity index is 403. The van der Waals surface area contributed by atoms with E-state index in [4.69, 9.17) is 0 Å². The molecule has 272 valence electrons. The first kappa shape index (κ1) is 61.7. The molecule has 0 spiro atoms. The number of allylic oxidation sites excluding steroid dienone is 2. The van der Waals surface area contributed by atoms with E-state index in [2.05, 4.69) is 171 Å². The molecule has 0 bridgehead atoms. The summed E-state index contributed by atoms with van der Waals surface area (Å²) < 4.78 is 0. The molecular formula is C43H100. The van der Waals surface area contributed by atoms with Crippen molar-refractivity contribution in [1.29, 1.82) is 0 Å². The Kier molecular flexibility index (Phi) is 66.2. The van der Waals surface area contributed by atoms with Crippen molar-refractivity contribution in [2.75, 3.05) is 0 Å². The van der Waals surface area contributed by atoms with Crippen molar-refractivity contribution in [2.45, 2.75) is 250 Å². The Morgan fingerprint density at radius 3 is 0.698 bits per heavy atom. The molecule has 0 heterocycles. The molecule has 0 fully saturated rings. The highest BCUT2D eigenvalue weighted by Gasteiger charge is 2.08. The third-order valence-electron chi connectivity index (χ3n) is 4.48. The smallest absolute Gasteiger partial charge is 0.0203 e. The van der Waals surface area contributed by atoms with Gasteiger partial charge in [-0.2, -0.15) is 0 Å². The Balaban J connectivity index is -0.0000000565. The van der Waals surface area contributed by atoms with Crippen LogP contribution in [0.5, 0.6) is 0 Å². The van der Waals surface area contributed by atoms with Crippen LogP contribution in [0, 0.1) is 21.7 Å². The molecule has 0 atom stereocenters. The second-order valence-electron chi connectivity index (χ2n) is 16.7. The Morgan fingerprint density at radius 2 is 0.605 bits per heavy atom. The van der Waals surface area contributed by atoms with E-state index in [-0.39, 0.29) is 0 Å². The zero-order valence-electron chi connectivity index (χ0n) is 36.3. The highest BCUT2D eigenvalue weighted by Crippen LogP contribution is 2.22. The first-order valence-corrected chi connectivity index (χ1v) is 19.0. The van der Waals surface area contributed by atoms with Crippen LogP contribution in [0.3, 0.4) is 0 Å². The van der Waals surface area contributed by atoms with Gasteiger partial charge in [0.25, 0.3) is 0 Å². The summed E-state index contributed by atoms with van der Waals surface area (Å²) in [5, 5.41) is 0. The molecule has 43 heavy (non-hydrogen) atoms. The average molecular weight is 617 g/mol. The van der Waals surface area contributed by atoms with Crippen LogP contribution in [0.1, 0.15) is 250 Å². The van der Waals surface area contributed by atoms with E-state index >= 15 is 0 Å². The lowest BCUT2D eigenvalue weighted by atomic mass is 9.90. The van der Waals surface area contributed by atoms with Gasteiger partial charge in [-0.15, -0.1) is 0 Å². The second kappa shape index (κ2) is 46.2. The number of hydrogen-bond donors (Lipinski definition) is 0. The highest BCUT2D eigenvalue weighted by atomic mass is 14.1. The molecule has 0 N–H and O–H groups in total. The lowest BCUT2D eigenvalue weighted by molar-refractivity contribution is 0.359. The maximum atomic E-state index is 2.31. The van der Waals surface area contributed by atoms with E-state index in [1.165, 1.54) is 83.5 Å². The van der Waals surface area contributed by atoms with Crippen molar-refractivity contribution < 1.29 is 0 Å². The number of hydrogen-bond acceptors (Lipinski definition) is 0. The van der Waals surface area contributed by atoms with Crippen LogP contribution in [0.4, 0.5) is 0 Å². The molecule has 0 saturated carbocycles. The van der Waals surface area contributed by atoms with Gasteiger partial charge in [-0.25, -0.2) is 0 Å². The summed E-state index contributed by atoms with van der Waals surface area (Å²) in [4.78, 5) is 0. The predicted octanol–water partition coefficient (Wildman–Crippen LogP) is 17.9. The summed E-state index contributed by atoms with van der Waals surface area (Å²) >= 11 is 0. The van der Waals surface area contributed by atoms with E-state index in [0.29, 0.717) is 21.7 Å². The Labute approximate surface area is 282 Å².